The first-order valence-corrected chi connectivity index (χ1v) is 8.93. The Morgan fingerprint density at radius 1 is 1.00 bits per heavy atom. The van der Waals surface area contributed by atoms with E-state index < -0.39 is 6.05 Å². The van der Waals surface area contributed by atoms with E-state index in [1.54, 1.807) is 0 Å². The molecule has 0 unspecified atom stereocenters. The number of hydrogen-bond acceptors (Lipinski definition) is 0. The van der Waals surface area contributed by atoms with Crippen molar-refractivity contribution in [2.75, 3.05) is 0 Å². The summed E-state index contributed by atoms with van der Waals surface area (Å²) >= 11 is 2.42. The molecule has 0 spiro atoms. The summed E-state index contributed by atoms with van der Waals surface area (Å²) in [4.78, 5) is 0. The van der Waals surface area contributed by atoms with Crippen LogP contribution in [-0.2, 0) is 19.1 Å². The molecule has 8 heavy (non-hydrogen) atoms. The molecule has 0 amide bonds. The summed E-state index contributed by atoms with van der Waals surface area (Å²) in [7, 11) is 0. The summed E-state index contributed by atoms with van der Waals surface area (Å²) in [5.74, 6) is 0. The second-order valence-corrected chi connectivity index (χ2v) is 13.1. The minimum absolute atomic E-state index is 0.661. The number of hydrogen-bond donors (Lipinski definition) is 0. The topological polar surface area (TPSA) is 0 Å². The Labute approximate surface area is 64.2 Å². The van der Waals surface area contributed by atoms with E-state index in [1.807, 2.05) is 0 Å². The fourth-order valence-electron chi connectivity index (χ4n) is 0.750. The van der Waals surface area contributed by atoms with Crippen LogP contribution < -0.4 is 0 Å². The van der Waals surface area contributed by atoms with Crippen LogP contribution in [0.15, 0.2) is 0 Å². The van der Waals surface area contributed by atoms with Gasteiger partial charge in [-0.1, -0.05) is 0 Å². The standard InChI is InChI=1S/C6H15Si.Mo/c1-4-7(5-2)6-3;/h4-6H2,1-3H3;. The molecule has 0 rings (SSSR count). The van der Waals surface area contributed by atoms with Crippen molar-refractivity contribution < 1.29 is 19.1 Å². The van der Waals surface area contributed by atoms with Crippen LogP contribution in [0.1, 0.15) is 20.8 Å². The van der Waals surface area contributed by atoms with Crippen molar-refractivity contribution in [3.63, 3.8) is 0 Å². The van der Waals surface area contributed by atoms with E-state index in [9.17, 15) is 0 Å². The first kappa shape index (κ1) is 8.91. The molecule has 0 N–H and O–H groups in total. The molecule has 2 heteroatoms. The summed E-state index contributed by atoms with van der Waals surface area (Å²) in [6, 6.07) is 3.73. The van der Waals surface area contributed by atoms with Gasteiger partial charge in [-0.25, -0.2) is 0 Å². The average Bonchev–Trinajstić information content (AvgIpc) is 1.87. The van der Waals surface area contributed by atoms with Gasteiger partial charge in [0.2, 0.25) is 0 Å². The molecule has 0 nitrogen and oxygen atoms in total. The Morgan fingerprint density at radius 3 is 1.25 bits per heavy atom. The van der Waals surface area contributed by atoms with E-state index >= 15 is 0 Å². The van der Waals surface area contributed by atoms with E-state index in [0.29, 0.717) is 0 Å². The molecule has 0 atom stereocenters. The van der Waals surface area contributed by atoms with Gasteiger partial charge in [0.05, 0.1) is 0 Å². The van der Waals surface area contributed by atoms with Crippen molar-refractivity contribution in [3.8, 4) is 0 Å². The van der Waals surface area contributed by atoms with Gasteiger partial charge in [-0.05, 0) is 0 Å². The molecule has 0 aromatic rings. The van der Waals surface area contributed by atoms with E-state index in [2.05, 4.69) is 39.9 Å². The zero-order valence-electron chi connectivity index (χ0n) is 6.03. The Balaban J connectivity index is 3.58. The second-order valence-electron chi connectivity index (χ2n) is 2.24. The third-order valence-corrected chi connectivity index (χ3v) is 12.2. The average molecular weight is 211 g/mol. The molecule has 49 valence electrons. The van der Waals surface area contributed by atoms with Crippen LogP contribution >= 0.6 is 0 Å². The monoisotopic (exact) mass is 213 g/mol. The molecular weight excluding hydrogens is 196 g/mol. The van der Waals surface area contributed by atoms with Crippen molar-refractivity contribution in [2.24, 2.45) is 0 Å². The zero-order valence-corrected chi connectivity index (χ0v) is 9.04. The van der Waals surface area contributed by atoms with Crippen LogP contribution in [0.5, 0.6) is 0 Å². The van der Waals surface area contributed by atoms with Gasteiger partial charge >= 0.3 is 64.0 Å². The quantitative estimate of drug-likeness (QED) is 0.629. The summed E-state index contributed by atoms with van der Waals surface area (Å²) in [5, 5.41) is 0. The molecule has 0 fully saturated rings. The van der Waals surface area contributed by atoms with E-state index in [1.165, 1.54) is 18.1 Å². The van der Waals surface area contributed by atoms with Gasteiger partial charge in [0.15, 0.2) is 0 Å². The molecule has 0 aliphatic heterocycles. The van der Waals surface area contributed by atoms with Crippen molar-refractivity contribution in [1.82, 2.24) is 0 Å². The second kappa shape index (κ2) is 3.84. The van der Waals surface area contributed by atoms with Crippen LogP contribution in [-0.4, -0.2) is 6.05 Å². The van der Waals surface area contributed by atoms with Crippen LogP contribution in [0, 0.1) is 0 Å². The molecule has 0 radical (unpaired) electrons. The Hall–Kier alpha value is 0.905. The predicted octanol–water partition coefficient (Wildman–Crippen LogP) is 2.54. The fraction of sp³-hybridized carbons (Fsp3) is 1.00. The van der Waals surface area contributed by atoms with Crippen LogP contribution in [0.25, 0.3) is 0 Å². The molecule has 0 aromatic carbocycles. The van der Waals surface area contributed by atoms with Crippen molar-refractivity contribution in [1.29, 1.82) is 0 Å². The Kier molecular flexibility index (Phi) is 4.28. The minimum atomic E-state index is -0.661. The molecule has 0 aliphatic carbocycles. The van der Waals surface area contributed by atoms with Gasteiger partial charge in [-0.15, -0.1) is 0 Å². The molecule has 0 saturated carbocycles. The Morgan fingerprint density at radius 2 is 1.25 bits per heavy atom. The van der Waals surface area contributed by atoms with Gasteiger partial charge in [0.1, 0.15) is 0 Å². The van der Waals surface area contributed by atoms with Crippen molar-refractivity contribution in [3.05, 3.63) is 0 Å². The first-order valence-electron chi connectivity index (χ1n) is 3.39. The molecule has 0 heterocycles. The first-order chi connectivity index (χ1) is 3.68. The molecule has 0 saturated heterocycles. The maximum absolute atomic E-state index is 2.42. The SMILES string of the molecule is CC[Si]([Mo])(CC)CC. The molecular formula is C6H15MoSi. The fourth-order valence-corrected chi connectivity index (χ4v) is 2.25. The van der Waals surface area contributed by atoms with Crippen molar-refractivity contribution >= 4 is 6.05 Å². The molecule has 0 bridgehead atoms. The van der Waals surface area contributed by atoms with E-state index in [4.69, 9.17) is 0 Å². The van der Waals surface area contributed by atoms with Crippen molar-refractivity contribution in [2.45, 2.75) is 38.9 Å². The third-order valence-electron chi connectivity index (χ3n) is 1.93. The van der Waals surface area contributed by atoms with Gasteiger partial charge in [-0.3, -0.25) is 0 Å². The van der Waals surface area contributed by atoms with Gasteiger partial charge < -0.3 is 0 Å². The maximum atomic E-state index is 2.42. The van der Waals surface area contributed by atoms with E-state index in [0.717, 1.165) is 0 Å². The molecule has 0 aliphatic rings. The summed E-state index contributed by atoms with van der Waals surface area (Å²) in [6.07, 6.45) is 0. The van der Waals surface area contributed by atoms with Gasteiger partial charge in [-0.2, -0.15) is 0 Å². The zero-order chi connectivity index (χ0) is 6.62. The predicted molar refractivity (Wildman–Crippen MR) is 37.2 cm³/mol. The van der Waals surface area contributed by atoms with Crippen LogP contribution in [0.4, 0.5) is 0 Å². The Bertz CT molecular complexity index is 51.3. The van der Waals surface area contributed by atoms with E-state index in [-0.39, 0.29) is 0 Å². The molecule has 0 aromatic heterocycles. The van der Waals surface area contributed by atoms with Gasteiger partial charge in [0.25, 0.3) is 0 Å². The number of rotatable bonds is 3. The normalized spacial score (nSPS) is 11.9. The third kappa shape index (κ3) is 2.45. The summed E-state index contributed by atoms with van der Waals surface area (Å²) in [6.45, 7) is 7.01. The summed E-state index contributed by atoms with van der Waals surface area (Å²) < 4.78 is 0. The van der Waals surface area contributed by atoms with Gasteiger partial charge in [0, 0.05) is 0 Å². The van der Waals surface area contributed by atoms with Crippen LogP contribution in [0.3, 0.4) is 0 Å². The summed E-state index contributed by atoms with van der Waals surface area (Å²) in [5.41, 5.74) is 0. The van der Waals surface area contributed by atoms with Crippen LogP contribution in [0.2, 0.25) is 18.1 Å².